The van der Waals surface area contributed by atoms with Crippen LogP contribution in [0, 0.1) is 0 Å². The van der Waals surface area contributed by atoms with Gasteiger partial charge in [-0.2, -0.15) is 13.2 Å². The maximum Gasteiger partial charge on any atom is 0.417 e. The number of sulfone groups is 1. The molecular formula is C11H10ClF3O3S. The van der Waals surface area contributed by atoms with E-state index in [0.29, 0.717) is 12.3 Å². The van der Waals surface area contributed by atoms with Crippen LogP contribution in [0.25, 0.3) is 0 Å². The van der Waals surface area contributed by atoms with Crippen LogP contribution in [0.15, 0.2) is 17.0 Å². The minimum absolute atomic E-state index is 0.161. The Bertz CT molecular complexity index is 621. The highest BCUT2D eigenvalue weighted by atomic mass is 35.5. The van der Waals surface area contributed by atoms with Crippen LogP contribution in [0.3, 0.4) is 0 Å². The van der Waals surface area contributed by atoms with Gasteiger partial charge in [0, 0.05) is 11.8 Å². The molecule has 0 aliphatic carbocycles. The maximum atomic E-state index is 12.8. The minimum atomic E-state index is -4.88. The van der Waals surface area contributed by atoms with Crippen molar-refractivity contribution in [2.24, 2.45) is 0 Å². The molecule has 3 nitrogen and oxygen atoms in total. The van der Waals surface area contributed by atoms with E-state index in [1.807, 2.05) is 0 Å². The molecule has 0 unspecified atom stereocenters. The molecule has 8 heteroatoms. The van der Waals surface area contributed by atoms with Crippen LogP contribution in [-0.4, -0.2) is 19.9 Å². The number of hydrogen-bond acceptors (Lipinski definition) is 3. The van der Waals surface area contributed by atoms with E-state index in [0.717, 1.165) is 6.07 Å². The second-order valence-corrected chi connectivity index (χ2v) is 6.23. The van der Waals surface area contributed by atoms with Gasteiger partial charge in [0.15, 0.2) is 9.84 Å². The van der Waals surface area contributed by atoms with Crippen LogP contribution in [-0.2, 0) is 22.4 Å². The summed E-state index contributed by atoms with van der Waals surface area (Å²) in [6.45, 7) is 1.58. The van der Waals surface area contributed by atoms with Gasteiger partial charge >= 0.3 is 6.18 Å². The van der Waals surface area contributed by atoms with Gasteiger partial charge in [-0.1, -0.05) is 6.92 Å². The third kappa shape index (κ3) is 3.48. The van der Waals surface area contributed by atoms with E-state index in [9.17, 15) is 26.4 Å². The lowest BCUT2D eigenvalue weighted by molar-refractivity contribution is -0.139. The number of hydrogen-bond donors (Lipinski definition) is 0. The van der Waals surface area contributed by atoms with Crippen LogP contribution >= 0.6 is 11.6 Å². The molecule has 0 amide bonds. The van der Waals surface area contributed by atoms with Crippen molar-refractivity contribution < 1.29 is 26.4 Å². The first-order valence-electron chi connectivity index (χ1n) is 5.12. The molecule has 0 saturated heterocycles. The zero-order valence-electron chi connectivity index (χ0n) is 10.0. The molecule has 1 aromatic carbocycles. The summed E-state index contributed by atoms with van der Waals surface area (Å²) in [5.74, 6) is 0. The summed E-state index contributed by atoms with van der Waals surface area (Å²) in [6.07, 6.45) is -4.01. The molecule has 0 fully saturated rings. The van der Waals surface area contributed by atoms with E-state index in [2.05, 4.69) is 0 Å². The Labute approximate surface area is 113 Å². The van der Waals surface area contributed by atoms with Crippen LogP contribution in [0.5, 0.6) is 0 Å². The van der Waals surface area contributed by atoms with Crippen molar-refractivity contribution in [1.82, 2.24) is 0 Å². The molecule has 0 aliphatic rings. The molecule has 0 bridgehead atoms. The first-order chi connectivity index (χ1) is 8.48. The molecule has 0 aliphatic heterocycles. The molecule has 0 heterocycles. The lowest BCUT2D eigenvalue weighted by atomic mass is 10.0. The topological polar surface area (TPSA) is 51.2 Å². The number of benzene rings is 1. The lowest BCUT2D eigenvalue weighted by Gasteiger charge is -2.15. The normalized spacial score (nSPS) is 12.5. The predicted molar refractivity (Wildman–Crippen MR) is 64.1 cm³/mol. The number of alkyl halides is 3. The first-order valence-corrected chi connectivity index (χ1v) is 7.39. The van der Waals surface area contributed by atoms with Gasteiger partial charge in [0.2, 0.25) is 0 Å². The Morgan fingerprint density at radius 1 is 1.32 bits per heavy atom. The maximum absolute atomic E-state index is 12.8. The monoisotopic (exact) mass is 314 g/mol. The van der Waals surface area contributed by atoms with Crippen molar-refractivity contribution in [1.29, 1.82) is 0 Å². The molecule has 0 atom stereocenters. The van der Waals surface area contributed by atoms with E-state index in [-0.39, 0.29) is 17.5 Å². The molecule has 19 heavy (non-hydrogen) atoms. The number of carbonyl (C=O) groups excluding carboxylic acids is 1. The predicted octanol–water partition coefficient (Wildman–Crippen LogP) is 3.05. The van der Waals surface area contributed by atoms with Gasteiger partial charge in [-0.05, 0) is 35.7 Å². The van der Waals surface area contributed by atoms with Crippen LogP contribution < -0.4 is 0 Å². The van der Waals surface area contributed by atoms with E-state index < -0.39 is 31.7 Å². The Hall–Kier alpha value is -1.08. The number of halogens is 4. The molecule has 0 N–H and O–H groups in total. The van der Waals surface area contributed by atoms with Crippen molar-refractivity contribution in [3.05, 3.63) is 28.8 Å². The summed E-state index contributed by atoms with van der Waals surface area (Å²) in [6, 6.07) is 1.35. The molecule has 0 radical (unpaired) electrons. The molecule has 106 valence electrons. The van der Waals surface area contributed by atoms with Crippen molar-refractivity contribution in [3.8, 4) is 0 Å². The number of rotatable bonds is 3. The van der Waals surface area contributed by atoms with E-state index in [1.54, 1.807) is 6.92 Å². The third-order valence-electron chi connectivity index (χ3n) is 2.50. The minimum Gasteiger partial charge on any atom is -0.276 e. The van der Waals surface area contributed by atoms with Gasteiger partial charge in [0.05, 0.1) is 10.5 Å². The van der Waals surface area contributed by atoms with Crippen molar-refractivity contribution in [2.45, 2.75) is 24.4 Å². The fraction of sp³-hybridized carbons (Fsp3) is 0.364. The van der Waals surface area contributed by atoms with Crippen LogP contribution in [0.1, 0.15) is 28.4 Å². The summed E-state index contributed by atoms with van der Waals surface area (Å²) in [4.78, 5) is 10.3. The summed E-state index contributed by atoms with van der Waals surface area (Å²) >= 11 is 5.22. The highest BCUT2D eigenvalue weighted by Gasteiger charge is 2.37. The van der Waals surface area contributed by atoms with Gasteiger partial charge in [0.25, 0.3) is 5.24 Å². The standard InChI is InChI=1S/C11H10ClF3O3S/c1-3-6-4-9(19(2,17)18)8(11(13,14)15)5-7(6)10(12)16/h4-5H,3H2,1-2H3. The Morgan fingerprint density at radius 2 is 1.84 bits per heavy atom. The zero-order valence-corrected chi connectivity index (χ0v) is 11.6. The van der Waals surface area contributed by atoms with Crippen molar-refractivity contribution in [3.63, 3.8) is 0 Å². The fourth-order valence-electron chi connectivity index (χ4n) is 1.63. The zero-order chi connectivity index (χ0) is 15.0. The summed E-state index contributed by atoms with van der Waals surface area (Å²) < 4.78 is 61.4. The highest BCUT2D eigenvalue weighted by Crippen LogP contribution is 2.36. The van der Waals surface area contributed by atoms with Gasteiger partial charge in [0.1, 0.15) is 0 Å². The van der Waals surface area contributed by atoms with Crippen LogP contribution in [0.4, 0.5) is 13.2 Å². The van der Waals surface area contributed by atoms with Crippen molar-refractivity contribution >= 4 is 26.7 Å². The molecule has 1 aromatic rings. The summed E-state index contributed by atoms with van der Waals surface area (Å²) in [5, 5.41) is -1.05. The number of carbonyl (C=O) groups is 1. The second kappa shape index (κ2) is 5.13. The second-order valence-electron chi connectivity index (χ2n) is 3.90. The van der Waals surface area contributed by atoms with Crippen LogP contribution in [0.2, 0.25) is 0 Å². The first kappa shape index (κ1) is 16.0. The Kier molecular flexibility index (Phi) is 4.31. The van der Waals surface area contributed by atoms with Gasteiger partial charge in [-0.25, -0.2) is 8.42 Å². The molecule has 0 spiro atoms. The quantitative estimate of drug-likeness (QED) is 0.806. The number of aryl methyl sites for hydroxylation is 1. The van der Waals surface area contributed by atoms with Gasteiger partial charge in [-0.3, -0.25) is 4.79 Å². The van der Waals surface area contributed by atoms with Gasteiger partial charge in [-0.15, -0.1) is 0 Å². The summed E-state index contributed by atoms with van der Waals surface area (Å²) in [5.41, 5.74) is -1.55. The Balaban J connectivity index is 3.78. The van der Waals surface area contributed by atoms with E-state index in [4.69, 9.17) is 11.6 Å². The molecule has 0 saturated carbocycles. The van der Waals surface area contributed by atoms with Crippen molar-refractivity contribution in [2.75, 3.05) is 6.26 Å². The Morgan fingerprint density at radius 3 is 2.16 bits per heavy atom. The van der Waals surface area contributed by atoms with E-state index in [1.165, 1.54) is 0 Å². The molecule has 1 rings (SSSR count). The smallest absolute Gasteiger partial charge is 0.276 e. The highest BCUT2D eigenvalue weighted by molar-refractivity contribution is 7.90. The average Bonchev–Trinajstić information content (AvgIpc) is 2.24. The fourth-order valence-corrected chi connectivity index (χ4v) is 2.73. The van der Waals surface area contributed by atoms with Gasteiger partial charge < -0.3 is 0 Å². The third-order valence-corrected chi connectivity index (χ3v) is 3.84. The summed E-state index contributed by atoms with van der Waals surface area (Å²) in [7, 11) is -4.07. The average molecular weight is 315 g/mol. The largest absolute Gasteiger partial charge is 0.417 e. The SMILES string of the molecule is CCc1cc(S(C)(=O)=O)c(C(F)(F)F)cc1C(=O)Cl. The lowest BCUT2D eigenvalue weighted by Crippen LogP contribution is -2.15. The van der Waals surface area contributed by atoms with E-state index >= 15 is 0 Å². The molecular weight excluding hydrogens is 305 g/mol. The molecule has 0 aromatic heterocycles.